The largest absolute Gasteiger partial charge is 0.300 e. The van der Waals surface area contributed by atoms with Gasteiger partial charge in [-0.05, 0) is 34.7 Å². The van der Waals surface area contributed by atoms with Crippen molar-refractivity contribution < 1.29 is 0 Å². The molecule has 60 valence electrons. The summed E-state index contributed by atoms with van der Waals surface area (Å²) < 4.78 is 0. The van der Waals surface area contributed by atoms with E-state index in [0.717, 1.165) is 6.54 Å². The average molecular weight is 141 g/mol. The summed E-state index contributed by atoms with van der Waals surface area (Å²) in [7, 11) is 2.15. The number of allylic oxidation sites excluding steroid dienone is 1. The Morgan fingerprint density at radius 2 is 2.00 bits per heavy atom. The third kappa shape index (κ3) is 3.67. The van der Waals surface area contributed by atoms with E-state index in [4.69, 9.17) is 0 Å². The van der Waals surface area contributed by atoms with Crippen molar-refractivity contribution in [3.8, 4) is 0 Å². The van der Waals surface area contributed by atoms with Crippen LogP contribution in [0.15, 0.2) is 11.6 Å². The second-order valence-electron chi connectivity index (χ2n) is 3.14. The second-order valence-corrected chi connectivity index (χ2v) is 3.14. The Kier molecular flexibility index (Phi) is 4.37. The van der Waals surface area contributed by atoms with E-state index in [1.54, 1.807) is 0 Å². The summed E-state index contributed by atoms with van der Waals surface area (Å²) in [6.07, 6.45) is 2.17. The van der Waals surface area contributed by atoms with Crippen LogP contribution in [-0.2, 0) is 0 Å². The predicted molar refractivity (Wildman–Crippen MR) is 47.2 cm³/mol. The van der Waals surface area contributed by atoms with Gasteiger partial charge in [-0.25, -0.2) is 0 Å². The first-order valence-corrected chi connectivity index (χ1v) is 3.90. The van der Waals surface area contributed by atoms with Crippen molar-refractivity contribution in [3.05, 3.63) is 11.6 Å². The molecule has 0 aliphatic heterocycles. The van der Waals surface area contributed by atoms with Crippen molar-refractivity contribution >= 4 is 0 Å². The van der Waals surface area contributed by atoms with Gasteiger partial charge in [-0.1, -0.05) is 11.6 Å². The van der Waals surface area contributed by atoms with Crippen molar-refractivity contribution in [1.29, 1.82) is 0 Å². The van der Waals surface area contributed by atoms with Crippen molar-refractivity contribution in [3.63, 3.8) is 0 Å². The summed E-state index contributed by atoms with van der Waals surface area (Å²) in [5.41, 5.74) is 1.44. The molecule has 0 saturated heterocycles. The molecule has 0 aliphatic rings. The van der Waals surface area contributed by atoms with Gasteiger partial charge in [-0.15, -0.1) is 0 Å². The highest BCUT2D eigenvalue weighted by Crippen LogP contribution is 1.99. The lowest BCUT2D eigenvalue weighted by Gasteiger charge is -2.20. The maximum Gasteiger partial charge on any atom is 0.0189 e. The Balaban J connectivity index is 3.68. The Labute approximate surface area is 64.7 Å². The van der Waals surface area contributed by atoms with E-state index >= 15 is 0 Å². The Morgan fingerprint density at radius 1 is 1.50 bits per heavy atom. The van der Waals surface area contributed by atoms with Gasteiger partial charge in [0.25, 0.3) is 0 Å². The fourth-order valence-electron chi connectivity index (χ4n) is 0.667. The second kappa shape index (κ2) is 4.51. The van der Waals surface area contributed by atoms with Gasteiger partial charge in [0.05, 0.1) is 0 Å². The minimum absolute atomic E-state index is 0.648. The summed E-state index contributed by atoms with van der Waals surface area (Å²) in [4.78, 5) is 2.33. The first kappa shape index (κ1) is 9.70. The molecule has 0 aromatic heterocycles. The lowest BCUT2D eigenvalue weighted by atomic mass is 10.2. The summed E-state index contributed by atoms with van der Waals surface area (Å²) in [6, 6.07) is 0.648. The molecule has 0 bridgehead atoms. The fraction of sp³-hybridized carbons (Fsp3) is 0.778. The first-order chi connectivity index (χ1) is 4.57. The summed E-state index contributed by atoms with van der Waals surface area (Å²) >= 11 is 0. The van der Waals surface area contributed by atoms with Gasteiger partial charge in [0.2, 0.25) is 0 Å². The number of hydrogen-bond acceptors (Lipinski definition) is 1. The molecule has 0 aliphatic carbocycles. The molecule has 0 amide bonds. The zero-order chi connectivity index (χ0) is 8.15. The molecule has 0 spiro atoms. The molecular formula is C9H19N. The zero-order valence-corrected chi connectivity index (χ0v) is 7.81. The zero-order valence-electron chi connectivity index (χ0n) is 7.81. The van der Waals surface area contributed by atoms with Crippen LogP contribution in [0.25, 0.3) is 0 Å². The minimum Gasteiger partial charge on any atom is -0.300 e. The van der Waals surface area contributed by atoms with Crippen molar-refractivity contribution in [2.24, 2.45) is 0 Å². The van der Waals surface area contributed by atoms with Crippen LogP contribution in [0.4, 0.5) is 0 Å². The van der Waals surface area contributed by atoms with Gasteiger partial charge in [-0.3, -0.25) is 0 Å². The molecule has 1 nitrogen and oxygen atoms in total. The summed E-state index contributed by atoms with van der Waals surface area (Å²) in [6.45, 7) is 9.77. The van der Waals surface area contributed by atoms with Crippen molar-refractivity contribution in [1.82, 2.24) is 4.90 Å². The summed E-state index contributed by atoms with van der Waals surface area (Å²) in [5.74, 6) is 0. The van der Waals surface area contributed by atoms with E-state index in [1.807, 2.05) is 0 Å². The normalized spacial score (nSPS) is 13.3. The van der Waals surface area contributed by atoms with Crippen LogP contribution < -0.4 is 0 Å². The standard InChI is InChI=1S/C9H19N/c1-6-9(4)7-10(5)8(2)3/h6,8H,7H2,1-5H3/b9-6+. The molecule has 0 heterocycles. The highest BCUT2D eigenvalue weighted by Gasteiger charge is 2.01. The van der Waals surface area contributed by atoms with Crippen molar-refractivity contribution in [2.75, 3.05) is 13.6 Å². The number of hydrogen-bond donors (Lipinski definition) is 0. The van der Waals surface area contributed by atoms with E-state index in [0.29, 0.717) is 6.04 Å². The average Bonchev–Trinajstić information content (AvgIpc) is 1.87. The monoisotopic (exact) mass is 141 g/mol. The number of nitrogens with zero attached hydrogens (tertiary/aromatic N) is 1. The van der Waals surface area contributed by atoms with Crippen LogP contribution in [0.5, 0.6) is 0 Å². The smallest absolute Gasteiger partial charge is 0.0189 e. The van der Waals surface area contributed by atoms with E-state index in [-0.39, 0.29) is 0 Å². The molecule has 0 fully saturated rings. The van der Waals surface area contributed by atoms with Gasteiger partial charge in [0.15, 0.2) is 0 Å². The highest BCUT2D eigenvalue weighted by molar-refractivity contribution is 4.98. The van der Waals surface area contributed by atoms with Crippen LogP contribution in [0.1, 0.15) is 27.7 Å². The lowest BCUT2D eigenvalue weighted by Crippen LogP contribution is -2.27. The molecule has 0 aromatic rings. The molecule has 0 aromatic carbocycles. The molecule has 0 saturated carbocycles. The molecule has 0 atom stereocenters. The topological polar surface area (TPSA) is 3.24 Å². The molecule has 10 heavy (non-hydrogen) atoms. The third-order valence-electron chi connectivity index (χ3n) is 1.87. The molecule has 0 radical (unpaired) electrons. The Hall–Kier alpha value is -0.300. The van der Waals surface area contributed by atoms with Gasteiger partial charge in [0.1, 0.15) is 0 Å². The molecule has 0 N–H and O–H groups in total. The fourth-order valence-corrected chi connectivity index (χ4v) is 0.667. The van der Waals surface area contributed by atoms with Crippen LogP contribution >= 0.6 is 0 Å². The predicted octanol–water partition coefficient (Wildman–Crippen LogP) is 2.29. The number of rotatable bonds is 3. The van der Waals surface area contributed by atoms with Crippen LogP contribution in [0, 0.1) is 0 Å². The van der Waals surface area contributed by atoms with Gasteiger partial charge in [-0.2, -0.15) is 0 Å². The van der Waals surface area contributed by atoms with E-state index in [1.165, 1.54) is 5.57 Å². The van der Waals surface area contributed by atoms with Gasteiger partial charge in [0, 0.05) is 12.6 Å². The molecular weight excluding hydrogens is 122 g/mol. The van der Waals surface area contributed by atoms with Gasteiger partial charge >= 0.3 is 0 Å². The first-order valence-electron chi connectivity index (χ1n) is 3.90. The quantitative estimate of drug-likeness (QED) is 0.545. The Bertz CT molecular complexity index is 114. The Morgan fingerprint density at radius 3 is 2.30 bits per heavy atom. The lowest BCUT2D eigenvalue weighted by molar-refractivity contribution is 0.296. The van der Waals surface area contributed by atoms with Crippen LogP contribution in [-0.4, -0.2) is 24.5 Å². The molecule has 0 rings (SSSR count). The SMILES string of the molecule is C/C=C(\C)CN(C)C(C)C. The maximum absolute atomic E-state index is 2.33. The maximum atomic E-state index is 2.33. The van der Waals surface area contributed by atoms with E-state index in [9.17, 15) is 0 Å². The van der Waals surface area contributed by atoms with E-state index < -0.39 is 0 Å². The molecule has 1 heteroatoms. The van der Waals surface area contributed by atoms with Crippen molar-refractivity contribution in [2.45, 2.75) is 33.7 Å². The minimum atomic E-state index is 0.648. The highest BCUT2D eigenvalue weighted by atomic mass is 15.1. The van der Waals surface area contributed by atoms with E-state index in [2.05, 4.69) is 45.7 Å². The third-order valence-corrected chi connectivity index (χ3v) is 1.87. The van der Waals surface area contributed by atoms with Crippen LogP contribution in [0.2, 0.25) is 0 Å². The van der Waals surface area contributed by atoms with Gasteiger partial charge < -0.3 is 4.90 Å². The summed E-state index contributed by atoms with van der Waals surface area (Å²) in [5, 5.41) is 0. The van der Waals surface area contributed by atoms with Crippen LogP contribution in [0.3, 0.4) is 0 Å². The molecule has 0 unspecified atom stereocenters. The number of likely N-dealkylation sites (N-methyl/N-ethyl adjacent to an activating group) is 1.